The van der Waals surface area contributed by atoms with E-state index >= 15 is 0 Å². The predicted octanol–water partition coefficient (Wildman–Crippen LogP) is 4.34. The Balaban J connectivity index is 2.16. The lowest BCUT2D eigenvalue weighted by Gasteiger charge is -2.20. The van der Waals surface area contributed by atoms with Crippen LogP contribution in [0.15, 0.2) is 29.4 Å². The Kier molecular flexibility index (Phi) is 6.18. The van der Waals surface area contributed by atoms with Crippen molar-refractivity contribution in [2.24, 2.45) is 0 Å². The molecule has 0 aliphatic heterocycles. The molecule has 0 radical (unpaired) electrons. The molecule has 10 heteroatoms. The molecule has 0 bridgehead atoms. The molecule has 30 heavy (non-hydrogen) atoms. The van der Waals surface area contributed by atoms with Crippen molar-refractivity contribution in [2.75, 3.05) is 19.1 Å². The summed E-state index contributed by atoms with van der Waals surface area (Å²) in [6.07, 6.45) is 1.05. The number of nitrogens with two attached hydrogens (primary N) is 1. The van der Waals surface area contributed by atoms with Crippen molar-refractivity contribution in [3.05, 3.63) is 29.1 Å². The average Bonchev–Trinajstić information content (AvgIpc) is 3.02. The standard InChI is InChI=1S/C20H22N4O4S2/c1-20(2,3)24-16(25)15-13(21)12-14(22-18(29-5)23-17(12)30-15)10-7-6-8-11(9-10)28-19(26)27-4/h6-9H,21H2,1-5H3,(H,24,25). The molecule has 2 heterocycles. The number of aromatic nitrogens is 2. The van der Waals surface area contributed by atoms with E-state index in [1.54, 1.807) is 18.2 Å². The molecular formula is C20H22N4O4S2. The van der Waals surface area contributed by atoms with E-state index in [9.17, 15) is 9.59 Å². The number of hydrogen-bond donors (Lipinski definition) is 2. The van der Waals surface area contributed by atoms with Gasteiger partial charge < -0.3 is 20.5 Å². The number of fused-ring (bicyclic) bond motifs is 1. The zero-order valence-corrected chi connectivity index (χ0v) is 18.9. The highest BCUT2D eigenvalue weighted by Gasteiger charge is 2.24. The Morgan fingerprint density at radius 3 is 2.60 bits per heavy atom. The summed E-state index contributed by atoms with van der Waals surface area (Å²) in [5.41, 5.74) is 7.53. The Labute approximate surface area is 182 Å². The molecular weight excluding hydrogens is 424 g/mol. The zero-order valence-electron chi connectivity index (χ0n) is 17.2. The maximum absolute atomic E-state index is 12.8. The molecule has 158 valence electrons. The topological polar surface area (TPSA) is 116 Å². The number of thioether (sulfide) groups is 1. The van der Waals surface area contributed by atoms with Crippen molar-refractivity contribution in [1.82, 2.24) is 15.3 Å². The second-order valence-corrected chi connectivity index (χ2v) is 9.14. The lowest BCUT2D eigenvalue weighted by atomic mass is 10.1. The third-order valence-corrected chi connectivity index (χ3v) is 5.57. The van der Waals surface area contributed by atoms with Crippen molar-refractivity contribution in [2.45, 2.75) is 31.5 Å². The second-order valence-electron chi connectivity index (χ2n) is 7.37. The average molecular weight is 447 g/mol. The number of rotatable bonds is 4. The highest BCUT2D eigenvalue weighted by Crippen LogP contribution is 2.40. The van der Waals surface area contributed by atoms with Gasteiger partial charge in [-0.3, -0.25) is 4.79 Å². The third-order valence-electron chi connectivity index (χ3n) is 3.92. The maximum atomic E-state index is 12.8. The Hall–Kier alpha value is -2.85. The lowest BCUT2D eigenvalue weighted by Crippen LogP contribution is -2.40. The van der Waals surface area contributed by atoms with Gasteiger partial charge in [0.25, 0.3) is 5.91 Å². The van der Waals surface area contributed by atoms with Crippen LogP contribution >= 0.6 is 23.1 Å². The normalized spacial score (nSPS) is 11.4. The fourth-order valence-corrected chi connectivity index (χ4v) is 4.13. The van der Waals surface area contributed by atoms with Gasteiger partial charge in [-0.05, 0) is 39.2 Å². The monoisotopic (exact) mass is 446 g/mol. The molecule has 3 N–H and O–H groups in total. The zero-order chi connectivity index (χ0) is 22.1. The SMILES string of the molecule is COC(=O)Oc1cccc(-c2nc(SC)nc3sc(C(=O)NC(C)(C)C)c(N)c23)c1. The van der Waals surface area contributed by atoms with Crippen molar-refractivity contribution >= 4 is 51.1 Å². The summed E-state index contributed by atoms with van der Waals surface area (Å²) in [4.78, 5) is 34.3. The van der Waals surface area contributed by atoms with Crippen LogP contribution in [0.4, 0.5) is 10.5 Å². The smallest absolute Gasteiger partial charge is 0.437 e. The summed E-state index contributed by atoms with van der Waals surface area (Å²) in [5, 5.41) is 4.06. The van der Waals surface area contributed by atoms with Gasteiger partial charge in [-0.1, -0.05) is 23.9 Å². The van der Waals surface area contributed by atoms with E-state index in [2.05, 4.69) is 20.0 Å². The largest absolute Gasteiger partial charge is 0.513 e. The van der Waals surface area contributed by atoms with E-state index in [4.69, 9.17) is 10.5 Å². The number of amides is 1. The number of carbonyl (C=O) groups excluding carboxylic acids is 2. The highest BCUT2D eigenvalue weighted by molar-refractivity contribution is 7.98. The molecule has 1 aromatic carbocycles. The Morgan fingerprint density at radius 2 is 1.97 bits per heavy atom. The van der Waals surface area contributed by atoms with Crippen LogP contribution in [0.1, 0.15) is 30.4 Å². The molecule has 3 rings (SSSR count). The number of hydrogen-bond acceptors (Lipinski definition) is 9. The van der Waals surface area contributed by atoms with Crippen molar-refractivity contribution in [1.29, 1.82) is 0 Å². The van der Waals surface area contributed by atoms with E-state index in [0.29, 0.717) is 42.9 Å². The van der Waals surface area contributed by atoms with Crippen LogP contribution in [-0.4, -0.2) is 40.9 Å². The lowest BCUT2D eigenvalue weighted by molar-refractivity contribution is 0.0924. The van der Waals surface area contributed by atoms with Crippen LogP contribution in [0.25, 0.3) is 21.5 Å². The van der Waals surface area contributed by atoms with Crippen LogP contribution in [0.2, 0.25) is 0 Å². The van der Waals surface area contributed by atoms with Crippen LogP contribution in [-0.2, 0) is 4.74 Å². The minimum absolute atomic E-state index is 0.262. The summed E-state index contributed by atoms with van der Waals surface area (Å²) in [7, 11) is 1.24. The van der Waals surface area contributed by atoms with E-state index in [1.807, 2.05) is 33.1 Å². The maximum Gasteiger partial charge on any atom is 0.513 e. The number of thiophene rings is 1. The van der Waals surface area contributed by atoms with E-state index < -0.39 is 11.7 Å². The molecule has 1 amide bonds. The molecule has 0 saturated heterocycles. The first-order chi connectivity index (χ1) is 14.1. The highest BCUT2D eigenvalue weighted by atomic mass is 32.2. The quantitative estimate of drug-likeness (QED) is 0.263. The van der Waals surface area contributed by atoms with Crippen molar-refractivity contribution in [3.63, 3.8) is 0 Å². The molecule has 0 saturated carbocycles. The first-order valence-corrected chi connectivity index (χ1v) is 11.0. The summed E-state index contributed by atoms with van der Waals surface area (Å²) < 4.78 is 9.66. The summed E-state index contributed by atoms with van der Waals surface area (Å²) >= 11 is 2.60. The van der Waals surface area contributed by atoms with Gasteiger partial charge in [0, 0.05) is 11.1 Å². The number of nitrogen functional groups attached to an aromatic ring is 1. The number of ether oxygens (including phenoxy) is 2. The number of anilines is 1. The third kappa shape index (κ3) is 4.65. The van der Waals surface area contributed by atoms with Gasteiger partial charge in [0.2, 0.25) is 0 Å². The van der Waals surface area contributed by atoms with Gasteiger partial charge >= 0.3 is 6.16 Å². The molecule has 0 spiro atoms. The molecule has 2 aromatic heterocycles. The molecule has 0 atom stereocenters. The van der Waals surface area contributed by atoms with Gasteiger partial charge in [0.05, 0.1) is 23.9 Å². The molecule has 0 aliphatic carbocycles. The summed E-state index contributed by atoms with van der Waals surface area (Å²) in [6.45, 7) is 5.70. The van der Waals surface area contributed by atoms with Gasteiger partial charge in [-0.25, -0.2) is 14.8 Å². The molecule has 3 aromatic rings. The number of methoxy groups -OCH3 is 1. The number of nitrogens with one attached hydrogen (secondary N) is 1. The van der Waals surface area contributed by atoms with Gasteiger partial charge in [0.15, 0.2) is 5.16 Å². The van der Waals surface area contributed by atoms with Crippen molar-refractivity contribution < 1.29 is 19.1 Å². The number of benzene rings is 1. The first kappa shape index (κ1) is 21.8. The van der Waals surface area contributed by atoms with Gasteiger partial charge in [-0.2, -0.15) is 0 Å². The summed E-state index contributed by atoms with van der Waals surface area (Å²) in [5.74, 6) is 0.0405. The number of nitrogens with zero attached hydrogens (tertiary/aromatic N) is 2. The van der Waals surface area contributed by atoms with E-state index in [0.717, 1.165) is 0 Å². The molecule has 0 unspecified atom stereocenters. The van der Waals surface area contributed by atoms with E-state index in [-0.39, 0.29) is 5.91 Å². The van der Waals surface area contributed by atoms with Crippen molar-refractivity contribution in [3.8, 4) is 17.0 Å². The Morgan fingerprint density at radius 1 is 1.23 bits per heavy atom. The molecule has 0 fully saturated rings. The Bertz CT molecular complexity index is 1120. The van der Waals surface area contributed by atoms with Crippen LogP contribution in [0, 0.1) is 0 Å². The van der Waals surface area contributed by atoms with Crippen LogP contribution < -0.4 is 15.8 Å². The number of carbonyl (C=O) groups is 2. The minimum atomic E-state index is -0.819. The van der Waals surface area contributed by atoms with Gasteiger partial charge in [-0.15, -0.1) is 11.3 Å². The minimum Gasteiger partial charge on any atom is -0.437 e. The second kappa shape index (κ2) is 8.49. The molecule has 0 aliphatic rings. The summed E-state index contributed by atoms with van der Waals surface area (Å²) in [6, 6.07) is 6.85. The first-order valence-electron chi connectivity index (χ1n) is 8.95. The van der Waals surface area contributed by atoms with Gasteiger partial charge in [0.1, 0.15) is 15.5 Å². The van der Waals surface area contributed by atoms with Crippen LogP contribution in [0.3, 0.4) is 0 Å². The fraction of sp³-hybridized carbons (Fsp3) is 0.300. The predicted molar refractivity (Wildman–Crippen MR) is 119 cm³/mol. The molecule has 8 nitrogen and oxygen atoms in total. The van der Waals surface area contributed by atoms with E-state index in [1.165, 1.54) is 30.2 Å². The fourth-order valence-electron chi connectivity index (χ4n) is 2.71. The van der Waals surface area contributed by atoms with Crippen LogP contribution in [0.5, 0.6) is 5.75 Å².